The fraction of sp³-hybridized carbons (Fsp3) is 0.952. The molecule has 0 saturated carbocycles. The van der Waals surface area contributed by atoms with E-state index in [9.17, 15) is 0 Å². The average Bonchev–Trinajstić information content (AvgIpc) is 3.04. The molecule has 3 heterocycles. The van der Waals surface area contributed by atoms with Crippen LogP contribution in [-0.4, -0.2) is 110 Å². The summed E-state index contributed by atoms with van der Waals surface area (Å²) in [6, 6.07) is 0. The fourth-order valence-corrected chi connectivity index (χ4v) is 4.88. The molecule has 3 fully saturated rings. The lowest BCUT2D eigenvalue weighted by Crippen LogP contribution is -2.45. The normalized spacial score (nSPS) is 31.0. The Balaban J connectivity index is 1.22. The van der Waals surface area contributed by atoms with Gasteiger partial charge in [-0.3, -0.25) is 9.80 Å². The van der Waals surface area contributed by atoms with Gasteiger partial charge in [0.1, 0.15) is 6.67 Å². The van der Waals surface area contributed by atoms with Gasteiger partial charge in [0.15, 0.2) is 0 Å². The third-order valence-electron chi connectivity index (χ3n) is 6.27. The standard InChI is InChI=1S/C21H41N5/c1-20-16-21(2)18-26(17-20)9-5-8-25-15-14-24(19-25)7-4-6-23-12-10-22(3)11-13-23/h20-21H,4-18H2,1-3H3. The third kappa shape index (κ3) is 6.75. The van der Waals surface area contributed by atoms with Gasteiger partial charge < -0.3 is 14.7 Å². The van der Waals surface area contributed by atoms with Gasteiger partial charge in [-0.1, -0.05) is 13.8 Å². The molecule has 0 bridgehead atoms. The third-order valence-corrected chi connectivity index (χ3v) is 6.27. The molecule has 26 heavy (non-hydrogen) atoms. The first-order valence-corrected chi connectivity index (χ1v) is 11.0. The van der Waals surface area contributed by atoms with Crippen LogP contribution in [0.2, 0.25) is 0 Å². The maximum atomic E-state index is 3.61. The van der Waals surface area contributed by atoms with Crippen LogP contribution in [0.1, 0.15) is 33.1 Å². The Bertz CT molecular complexity index is 386. The maximum Gasteiger partial charge on any atom is 0.146 e. The summed E-state index contributed by atoms with van der Waals surface area (Å²) in [4.78, 5) is 12.6. The number of hydrogen-bond acceptors (Lipinski definition) is 5. The minimum absolute atomic E-state index is 0.874. The van der Waals surface area contributed by atoms with E-state index in [2.05, 4.69) is 52.1 Å². The fourth-order valence-electron chi connectivity index (χ4n) is 4.88. The van der Waals surface area contributed by atoms with Gasteiger partial charge >= 0.3 is 0 Å². The molecule has 5 heteroatoms. The minimum Gasteiger partial charge on any atom is -0.304 e. The van der Waals surface area contributed by atoms with Gasteiger partial charge in [-0.05, 0) is 51.2 Å². The molecule has 0 amide bonds. The topological polar surface area (TPSA) is 16.2 Å². The maximum absolute atomic E-state index is 3.61. The molecule has 0 aromatic heterocycles. The number of likely N-dealkylation sites (tertiary alicyclic amines) is 1. The Kier molecular flexibility index (Phi) is 8.19. The Morgan fingerprint density at radius 2 is 1.23 bits per heavy atom. The summed E-state index contributed by atoms with van der Waals surface area (Å²) in [5, 5.41) is 0. The molecular weight excluding hydrogens is 322 g/mol. The number of hydrogen-bond donors (Lipinski definition) is 0. The Morgan fingerprint density at radius 3 is 1.81 bits per heavy atom. The van der Waals surface area contributed by atoms with E-state index in [0.29, 0.717) is 0 Å². The number of piperazine rings is 1. The zero-order chi connectivity index (χ0) is 18.4. The predicted octanol–water partition coefficient (Wildman–Crippen LogP) is 1.61. The molecule has 0 aromatic rings. The zero-order valence-corrected chi connectivity index (χ0v) is 17.5. The van der Waals surface area contributed by atoms with Gasteiger partial charge in [-0.2, -0.15) is 0 Å². The van der Waals surface area contributed by atoms with E-state index in [0.717, 1.165) is 11.8 Å². The van der Waals surface area contributed by atoms with Crippen molar-refractivity contribution in [2.75, 3.05) is 85.6 Å². The van der Waals surface area contributed by atoms with Crippen LogP contribution < -0.4 is 0 Å². The van der Waals surface area contributed by atoms with E-state index in [4.69, 9.17) is 0 Å². The number of likely N-dealkylation sites (N-methyl/N-ethyl adjacent to an activating group) is 1. The molecule has 0 aromatic carbocycles. The first kappa shape index (κ1) is 20.5. The predicted molar refractivity (Wildman–Crippen MR) is 109 cm³/mol. The molecule has 3 rings (SSSR count). The summed E-state index contributed by atoms with van der Waals surface area (Å²) in [6.45, 7) is 23.2. The molecule has 0 spiro atoms. The molecule has 2 radical (unpaired) electrons. The van der Waals surface area contributed by atoms with Crippen molar-refractivity contribution in [1.29, 1.82) is 0 Å². The molecular formula is C21H41N5. The van der Waals surface area contributed by atoms with Crippen LogP contribution in [0.25, 0.3) is 0 Å². The Labute approximate surface area is 162 Å². The van der Waals surface area contributed by atoms with Crippen LogP contribution in [0.5, 0.6) is 0 Å². The lowest BCUT2D eigenvalue weighted by atomic mass is 9.92. The van der Waals surface area contributed by atoms with Crippen LogP contribution in [0.4, 0.5) is 0 Å². The van der Waals surface area contributed by atoms with Crippen molar-refractivity contribution in [2.45, 2.75) is 33.1 Å². The van der Waals surface area contributed by atoms with Crippen molar-refractivity contribution in [3.8, 4) is 0 Å². The van der Waals surface area contributed by atoms with Crippen molar-refractivity contribution < 1.29 is 0 Å². The van der Waals surface area contributed by atoms with Gasteiger partial charge in [0, 0.05) is 65.4 Å². The molecule has 3 saturated heterocycles. The number of rotatable bonds is 8. The highest BCUT2D eigenvalue weighted by Crippen LogP contribution is 2.21. The van der Waals surface area contributed by atoms with Gasteiger partial charge in [-0.25, -0.2) is 0 Å². The summed E-state index contributed by atoms with van der Waals surface area (Å²) >= 11 is 0. The SMILES string of the molecule is CC1CC(C)CN(CCCN2[C]N(CCCN3CCN(C)CC3)CC2)C1. The summed E-state index contributed by atoms with van der Waals surface area (Å²) < 4.78 is 0. The van der Waals surface area contributed by atoms with E-state index in [1.807, 2.05) is 0 Å². The van der Waals surface area contributed by atoms with E-state index in [1.165, 1.54) is 97.8 Å². The molecule has 2 atom stereocenters. The molecule has 5 nitrogen and oxygen atoms in total. The van der Waals surface area contributed by atoms with Crippen LogP contribution in [0.3, 0.4) is 0 Å². The zero-order valence-electron chi connectivity index (χ0n) is 17.5. The van der Waals surface area contributed by atoms with Gasteiger partial charge in [0.05, 0.1) is 0 Å². The molecule has 3 aliphatic heterocycles. The summed E-state index contributed by atoms with van der Waals surface area (Å²) in [7, 11) is 2.23. The first-order valence-electron chi connectivity index (χ1n) is 11.0. The molecule has 3 aliphatic rings. The van der Waals surface area contributed by atoms with E-state index in [-0.39, 0.29) is 0 Å². The molecule has 0 N–H and O–H groups in total. The Morgan fingerprint density at radius 1 is 0.692 bits per heavy atom. The smallest absolute Gasteiger partial charge is 0.146 e. The highest BCUT2D eigenvalue weighted by molar-refractivity contribution is 4.82. The van der Waals surface area contributed by atoms with E-state index in [1.54, 1.807) is 0 Å². The highest BCUT2D eigenvalue weighted by Gasteiger charge is 2.24. The van der Waals surface area contributed by atoms with Crippen molar-refractivity contribution in [3.63, 3.8) is 0 Å². The second kappa shape index (κ2) is 10.4. The van der Waals surface area contributed by atoms with Crippen LogP contribution >= 0.6 is 0 Å². The van der Waals surface area contributed by atoms with E-state index >= 15 is 0 Å². The van der Waals surface area contributed by atoms with Gasteiger partial charge in [0.2, 0.25) is 0 Å². The second-order valence-electron chi connectivity index (χ2n) is 9.13. The van der Waals surface area contributed by atoms with Crippen LogP contribution in [0, 0.1) is 18.5 Å². The first-order chi connectivity index (χ1) is 12.6. The van der Waals surface area contributed by atoms with Crippen molar-refractivity contribution in [1.82, 2.24) is 24.5 Å². The monoisotopic (exact) mass is 363 g/mol. The van der Waals surface area contributed by atoms with Crippen LogP contribution in [-0.2, 0) is 0 Å². The lowest BCUT2D eigenvalue weighted by Gasteiger charge is -2.35. The molecule has 150 valence electrons. The lowest BCUT2D eigenvalue weighted by molar-refractivity contribution is 0.135. The minimum atomic E-state index is 0.874. The second-order valence-corrected chi connectivity index (χ2v) is 9.13. The Hall–Kier alpha value is -0.200. The summed E-state index contributed by atoms with van der Waals surface area (Å²) in [6.07, 6.45) is 3.96. The van der Waals surface area contributed by atoms with Crippen molar-refractivity contribution in [3.05, 3.63) is 6.67 Å². The van der Waals surface area contributed by atoms with Crippen molar-refractivity contribution in [2.24, 2.45) is 11.8 Å². The summed E-state index contributed by atoms with van der Waals surface area (Å²) in [5.74, 6) is 1.75. The number of nitrogens with zero attached hydrogens (tertiary/aromatic N) is 5. The summed E-state index contributed by atoms with van der Waals surface area (Å²) in [5.41, 5.74) is 0. The van der Waals surface area contributed by atoms with Gasteiger partial charge in [0.25, 0.3) is 0 Å². The average molecular weight is 364 g/mol. The quantitative estimate of drug-likeness (QED) is 0.649. The van der Waals surface area contributed by atoms with Crippen molar-refractivity contribution >= 4 is 0 Å². The number of piperidine rings is 1. The largest absolute Gasteiger partial charge is 0.304 e. The van der Waals surface area contributed by atoms with Crippen LogP contribution in [0.15, 0.2) is 0 Å². The molecule has 0 aliphatic carbocycles. The van der Waals surface area contributed by atoms with Gasteiger partial charge in [-0.15, -0.1) is 0 Å². The molecule has 2 unspecified atom stereocenters. The van der Waals surface area contributed by atoms with E-state index < -0.39 is 0 Å². The highest BCUT2D eigenvalue weighted by atomic mass is 15.4.